The zero-order valence-corrected chi connectivity index (χ0v) is 15.1. The first-order valence-corrected chi connectivity index (χ1v) is 9.36. The molecule has 2 bridgehead atoms. The van der Waals surface area contributed by atoms with Gasteiger partial charge >= 0.3 is 0 Å². The molecule has 2 aliphatic heterocycles. The molecular weight excluding hydrogens is 318 g/mol. The van der Waals surface area contributed by atoms with Gasteiger partial charge in [0.15, 0.2) is 0 Å². The lowest BCUT2D eigenvalue weighted by atomic mass is 9.74. The topological polar surface area (TPSA) is 12.5 Å². The minimum Gasteiger partial charge on any atom is -0.497 e. The largest absolute Gasteiger partial charge is 0.497 e. The zero-order chi connectivity index (χ0) is 17.5. The van der Waals surface area contributed by atoms with E-state index in [2.05, 4.69) is 77.7 Å². The molecule has 3 aliphatic rings. The minimum absolute atomic E-state index is 0.472. The van der Waals surface area contributed by atoms with Crippen LogP contribution in [0.5, 0.6) is 5.75 Å². The fraction of sp³-hybridized carbons (Fsp3) is 0.250. The highest BCUT2D eigenvalue weighted by Crippen LogP contribution is 2.46. The Morgan fingerprint density at radius 2 is 1.19 bits per heavy atom. The normalized spacial score (nSPS) is 21.0. The smallest absolute Gasteiger partial charge is 0.118 e. The van der Waals surface area contributed by atoms with Crippen molar-refractivity contribution in [3.8, 4) is 5.75 Å². The molecule has 6 rings (SSSR count). The number of hydrogen-bond acceptors (Lipinski definition) is 2. The molecule has 0 fully saturated rings. The number of ether oxygens (including phenoxy) is 1. The molecule has 0 atom stereocenters. The molecule has 26 heavy (non-hydrogen) atoms. The van der Waals surface area contributed by atoms with Gasteiger partial charge in [0, 0.05) is 31.5 Å². The highest BCUT2D eigenvalue weighted by molar-refractivity contribution is 5.54. The molecule has 0 unspecified atom stereocenters. The second-order valence-corrected chi connectivity index (χ2v) is 7.41. The summed E-state index contributed by atoms with van der Waals surface area (Å²) in [6.45, 7) is 3.14. The number of nitrogens with zero attached hydrogens (tertiary/aromatic N) is 1. The van der Waals surface area contributed by atoms with E-state index in [0.717, 1.165) is 25.4 Å². The molecule has 1 aliphatic carbocycles. The highest BCUT2D eigenvalue weighted by Gasteiger charge is 2.37. The maximum Gasteiger partial charge on any atom is 0.118 e. The van der Waals surface area contributed by atoms with Crippen molar-refractivity contribution in [3.63, 3.8) is 0 Å². The first kappa shape index (κ1) is 15.7. The van der Waals surface area contributed by atoms with E-state index in [4.69, 9.17) is 4.74 Å². The van der Waals surface area contributed by atoms with E-state index in [-0.39, 0.29) is 0 Å². The summed E-state index contributed by atoms with van der Waals surface area (Å²) >= 11 is 0. The van der Waals surface area contributed by atoms with Crippen LogP contribution in [0.3, 0.4) is 0 Å². The summed E-state index contributed by atoms with van der Waals surface area (Å²) in [5.41, 5.74) is 7.43. The fourth-order valence-corrected chi connectivity index (χ4v) is 4.73. The summed E-state index contributed by atoms with van der Waals surface area (Å²) in [5.74, 6) is 1.86. The van der Waals surface area contributed by atoms with Crippen molar-refractivity contribution in [2.75, 3.05) is 20.2 Å². The van der Waals surface area contributed by atoms with Gasteiger partial charge in [-0.15, -0.1) is 0 Å². The average molecular weight is 341 g/mol. The minimum atomic E-state index is 0.472. The van der Waals surface area contributed by atoms with Crippen molar-refractivity contribution in [1.82, 2.24) is 4.90 Å². The Labute approximate surface area is 155 Å². The molecule has 0 amide bonds. The fourth-order valence-electron chi connectivity index (χ4n) is 4.73. The lowest BCUT2D eigenvalue weighted by Crippen LogP contribution is -2.27. The van der Waals surface area contributed by atoms with Crippen LogP contribution in [0.15, 0.2) is 72.8 Å². The maximum atomic E-state index is 5.29. The maximum absolute atomic E-state index is 5.29. The van der Waals surface area contributed by atoms with Crippen molar-refractivity contribution in [2.45, 2.75) is 18.4 Å². The van der Waals surface area contributed by atoms with Gasteiger partial charge in [0.05, 0.1) is 7.11 Å². The molecule has 2 heteroatoms. The zero-order valence-electron chi connectivity index (χ0n) is 15.1. The van der Waals surface area contributed by atoms with Gasteiger partial charge in [0.1, 0.15) is 5.75 Å². The molecule has 3 aromatic rings. The van der Waals surface area contributed by atoms with E-state index in [1.165, 1.54) is 27.8 Å². The Kier molecular flexibility index (Phi) is 3.79. The van der Waals surface area contributed by atoms with Crippen LogP contribution in [0.25, 0.3) is 0 Å². The molecule has 130 valence electrons. The molecular formula is C24H23NO. The second kappa shape index (κ2) is 6.30. The molecule has 3 aromatic carbocycles. The van der Waals surface area contributed by atoms with Crippen molar-refractivity contribution in [1.29, 1.82) is 0 Å². The third kappa shape index (κ3) is 2.53. The summed E-state index contributed by atoms with van der Waals surface area (Å²) in [7, 11) is 1.72. The second-order valence-electron chi connectivity index (χ2n) is 7.41. The van der Waals surface area contributed by atoms with Gasteiger partial charge in [0.25, 0.3) is 0 Å². The molecule has 0 spiro atoms. The van der Waals surface area contributed by atoms with Gasteiger partial charge in [-0.1, -0.05) is 60.7 Å². The van der Waals surface area contributed by atoms with Gasteiger partial charge in [-0.05, 0) is 39.9 Å². The molecule has 0 aromatic heterocycles. The van der Waals surface area contributed by atoms with E-state index in [1.807, 2.05) is 0 Å². The first-order chi connectivity index (χ1) is 12.8. The summed E-state index contributed by atoms with van der Waals surface area (Å²) in [4.78, 5) is 2.62. The summed E-state index contributed by atoms with van der Waals surface area (Å²) in [5, 5.41) is 0. The van der Waals surface area contributed by atoms with Crippen molar-refractivity contribution < 1.29 is 4.74 Å². The Hall–Kier alpha value is -2.58. The van der Waals surface area contributed by atoms with Crippen molar-refractivity contribution >= 4 is 0 Å². The van der Waals surface area contributed by atoms with Crippen molar-refractivity contribution in [3.05, 3.63) is 101 Å². The monoisotopic (exact) mass is 341 g/mol. The van der Waals surface area contributed by atoms with Crippen LogP contribution < -0.4 is 4.74 Å². The highest BCUT2D eigenvalue weighted by atomic mass is 16.5. The third-order valence-corrected chi connectivity index (χ3v) is 5.94. The van der Waals surface area contributed by atoms with E-state index in [1.54, 1.807) is 7.11 Å². The van der Waals surface area contributed by atoms with Gasteiger partial charge in [-0.25, -0.2) is 0 Å². The Morgan fingerprint density at radius 1 is 0.731 bits per heavy atom. The lowest BCUT2D eigenvalue weighted by molar-refractivity contribution is 0.267. The Bertz CT molecular complexity index is 831. The van der Waals surface area contributed by atoms with Gasteiger partial charge in [0.2, 0.25) is 0 Å². The third-order valence-electron chi connectivity index (χ3n) is 5.94. The summed E-state index contributed by atoms with van der Waals surface area (Å²) in [6.07, 6.45) is 0. The van der Waals surface area contributed by atoms with Crippen LogP contribution in [-0.2, 0) is 6.54 Å². The van der Waals surface area contributed by atoms with Crippen LogP contribution in [0, 0.1) is 0 Å². The molecule has 2 nitrogen and oxygen atoms in total. The van der Waals surface area contributed by atoms with Crippen LogP contribution in [0.4, 0.5) is 0 Å². The standard InChI is InChI=1S/C24H23NO/c1-26-18-12-10-17(11-13-18)14-25-15-23-19-6-2-3-7-20(19)24(16-25)22-9-5-4-8-21(22)23/h2-13,23-24H,14-16H2,1H3. The van der Waals surface area contributed by atoms with E-state index >= 15 is 0 Å². The number of hydrogen-bond donors (Lipinski definition) is 0. The van der Waals surface area contributed by atoms with Gasteiger partial charge in [-0.2, -0.15) is 0 Å². The number of benzene rings is 3. The van der Waals surface area contributed by atoms with Crippen LogP contribution in [0.2, 0.25) is 0 Å². The van der Waals surface area contributed by atoms with E-state index in [0.29, 0.717) is 11.8 Å². The molecule has 2 heterocycles. The SMILES string of the molecule is COc1ccc(CN2CC3c4ccccc4C(C2)c2ccccc23)cc1. The number of methoxy groups -OCH3 is 1. The van der Waals surface area contributed by atoms with Crippen molar-refractivity contribution in [2.24, 2.45) is 0 Å². The van der Waals surface area contributed by atoms with Gasteiger partial charge < -0.3 is 4.74 Å². The van der Waals surface area contributed by atoms with Gasteiger partial charge in [-0.3, -0.25) is 4.90 Å². The molecule has 0 radical (unpaired) electrons. The van der Waals surface area contributed by atoms with E-state index < -0.39 is 0 Å². The van der Waals surface area contributed by atoms with Crippen LogP contribution in [-0.4, -0.2) is 25.1 Å². The van der Waals surface area contributed by atoms with Crippen LogP contribution in [0.1, 0.15) is 39.7 Å². The Balaban J connectivity index is 1.50. The molecule has 0 N–H and O–H groups in total. The first-order valence-electron chi connectivity index (χ1n) is 9.36. The quantitative estimate of drug-likeness (QED) is 0.679. The number of fused-ring (bicyclic) bond motifs is 2. The van der Waals surface area contributed by atoms with E-state index in [9.17, 15) is 0 Å². The lowest BCUT2D eigenvalue weighted by Gasteiger charge is -2.29. The summed E-state index contributed by atoms with van der Waals surface area (Å²) in [6, 6.07) is 26.6. The molecule has 0 saturated heterocycles. The predicted molar refractivity (Wildman–Crippen MR) is 105 cm³/mol. The Morgan fingerprint density at radius 3 is 1.62 bits per heavy atom. The number of rotatable bonds is 3. The molecule has 0 saturated carbocycles. The van der Waals surface area contributed by atoms with Crippen LogP contribution >= 0.6 is 0 Å². The predicted octanol–water partition coefficient (Wildman–Crippen LogP) is 4.79. The summed E-state index contributed by atoms with van der Waals surface area (Å²) < 4.78 is 5.29. The average Bonchev–Trinajstić information content (AvgIpc) is 2.96.